The van der Waals surface area contributed by atoms with Crippen LogP contribution in [0.4, 0.5) is 19.4 Å². The highest BCUT2D eigenvalue weighted by atomic mass is 32.5. The number of fused-ring (bicyclic) bond motifs is 3. The van der Waals surface area contributed by atoms with Crippen molar-refractivity contribution in [1.29, 1.82) is 0 Å². The lowest BCUT2D eigenvalue weighted by molar-refractivity contribution is -0.119. The molecule has 0 unspecified atom stereocenters. The van der Waals surface area contributed by atoms with Crippen molar-refractivity contribution in [2.75, 3.05) is 6.61 Å². The summed E-state index contributed by atoms with van der Waals surface area (Å²) in [6, 6.07) is 3.65. The first-order chi connectivity index (χ1) is 12.4. The lowest BCUT2D eigenvalue weighted by Crippen LogP contribution is -2.49. The van der Waals surface area contributed by atoms with Gasteiger partial charge in [-0.15, -0.1) is 0 Å². The fraction of sp³-hybridized carbons (Fsp3) is 0.700. The van der Waals surface area contributed by atoms with Crippen molar-refractivity contribution in [2.24, 2.45) is 0 Å². The van der Waals surface area contributed by atoms with Crippen molar-refractivity contribution in [1.82, 2.24) is 0 Å². The van der Waals surface area contributed by atoms with E-state index >= 15 is 0 Å². The number of unbranched alkanes of at least 4 members (excludes halogenated alkanes) is 3. The van der Waals surface area contributed by atoms with Crippen LogP contribution in [-0.2, 0) is 10.2 Å². The lowest BCUT2D eigenvalue weighted by Gasteiger charge is -2.53. The number of ether oxygens (including phenoxy) is 1. The highest BCUT2D eigenvalue weighted by Gasteiger charge is 2.65. The first-order valence-corrected chi connectivity index (χ1v) is 11.8. The molecule has 2 bridgehead atoms. The second kappa shape index (κ2) is 6.34. The van der Waals surface area contributed by atoms with Gasteiger partial charge in [0.05, 0.1) is 5.60 Å². The molecule has 4 rings (SSSR count). The van der Waals surface area contributed by atoms with Crippen LogP contribution in [-0.4, -0.2) is 12.2 Å². The Hall–Kier alpha value is -0.820. The third-order valence-electron chi connectivity index (χ3n) is 6.50. The maximum atomic E-state index is 12.9. The van der Waals surface area contributed by atoms with Gasteiger partial charge in [-0.25, -0.2) is 0 Å². The van der Waals surface area contributed by atoms with Crippen molar-refractivity contribution >= 4 is 10.2 Å². The van der Waals surface area contributed by atoms with E-state index in [0.29, 0.717) is 12.1 Å². The van der Waals surface area contributed by atoms with E-state index in [2.05, 4.69) is 6.92 Å². The number of benzene rings is 1. The quantitative estimate of drug-likeness (QED) is 0.308. The van der Waals surface area contributed by atoms with Crippen LogP contribution in [0.1, 0.15) is 76.7 Å². The van der Waals surface area contributed by atoms with Crippen molar-refractivity contribution < 1.29 is 24.2 Å². The van der Waals surface area contributed by atoms with Crippen LogP contribution in [0.15, 0.2) is 29.2 Å². The fourth-order valence-electron chi connectivity index (χ4n) is 4.68. The minimum absolute atomic E-state index is 0.0856. The standard InChI is InChI=1S/C20H29F5OS/c1-2-3-4-5-16-26-20-13-10-19(11-14-20,12-15-20)17-6-8-18(9-7-17)27(21,22,23,24)25/h6-9H,2-5,10-16H2,1H3. The second-order valence-electron chi connectivity index (χ2n) is 8.37. The minimum Gasteiger partial charge on any atom is -0.375 e. The summed E-state index contributed by atoms with van der Waals surface area (Å²) in [5.74, 6) is 0. The van der Waals surface area contributed by atoms with E-state index < -0.39 is 15.1 Å². The first kappa shape index (κ1) is 20.9. The molecule has 0 heterocycles. The molecule has 3 fully saturated rings. The Morgan fingerprint density at radius 2 is 1.37 bits per heavy atom. The Balaban J connectivity index is 1.64. The molecule has 1 nitrogen and oxygen atoms in total. The third kappa shape index (κ3) is 4.61. The molecule has 3 aliphatic carbocycles. The summed E-state index contributed by atoms with van der Waals surface area (Å²) in [4.78, 5) is -1.80. The monoisotopic (exact) mass is 412 g/mol. The van der Waals surface area contributed by atoms with E-state index in [1.165, 1.54) is 31.4 Å². The van der Waals surface area contributed by atoms with Crippen molar-refractivity contribution in [3.63, 3.8) is 0 Å². The van der Waals surface area contributed by atoms with E-state index in [0.717, 1.165) is 57.1 Å². The van der Waals surface area contributed by atoms with Gasteiger partial charge < -0.3 is 4.74 Å². The predicted molar refractivity (Wildman–Crippen MR) is 100 cm³/mol. The molecule has 0 aromatic heterocycles. The van der Waals surface area contributed by atoms with Gasteiger partial charge in [0.1, 0.15) is 4.90 Å². The van der Waals surface area contributed by atoms with Gasteiger partial charge in [0.25, 0.3) is 0 Å². The Morgan fingerprint density at radius 3 is 1.85 bits per heavy atom. The summed E-state index contributed by atoms with van der Waals surface area (Å²) in [6.07, 6.45) is 9.86. The molecular formula is C20H29F5OS. The molecular weight excluding hydrogens is 383 g/mol. The maximum Gasteiger partial charge on any atom is 0.310 e. The summed E-state index contributed by atoms with van der Waals surface area (Å²) in [5, 5.41) is 0. The normalized spacial score (nSPS) is 30.7. The first-order valence-electron chi connectivity index (χ1n) is 9.87. The summed E-state index contributed by atoms with van der Waals surface area (Å²) in [7, 11) is -9.60. The highest BCUT2D eigenvalue weighted by Crippen LogP contribution is 3.02. The number of hydrogen-bond acceptors (Lipinski definition) is 1. The van der Waals surface area contributed by atoms with Crippen LogP contribution in [0, 0.1) is 0 Å². The zero-order valence-corrected chi connectivity index (χ0v) is 16.6. The molecule has 0 spiro atoms. The van der Waals surface area contributed by atoms with E-state index in [-0.39, 0.29) is 11.0 Å². The summed E-state index contributed by atoms with van der Waals surface area (Å²) >= 11 is 0. The predicted octanol–water partition coefficient (Wildman–Crippen LogP) is 8.29. The summed E-state index contributed by atoms with van der Waals surface area (Å²) < 4.78 is 70.9. The van der Waals surface area contributed by atoms with E-state index in [9.17, 15) is 19.4 Å². The highest BCUT2D eigenvalue weighted by molar-refractivity contribution is 8.45. The van der Waals surface area contributed by atoms with Gasteiger partial charge in [-0.05, 0) is 68.1 Å². The Labute approximate surface area is 158 Å². The van der Waals surface area contributed by atoms with Crippen molar-refractivity contribution in [3.8, 4) is 0 Å². The maximum absolute atomic E-state index is 12.9. The largest absolute Gasteiger partial charge is 0.375 e. The average Bonchev–Trinajstić information content (AvgIpc) is 2.61. The molecule has 0 N–H and O–H groups in total. The molecule has 0 saturated heterocycles. The molecule has 3 aliphatic rings. The van der Waals surface area contributed by atoms with Crippen LogP contribution in [0.25, 0.3) is 0 Å². The number of hydrogen-bond donors (Lipinski definition) is 0. The zero-order chi connectivity index (χ0) is 19.9. The molecule has 0 radical (unpaired) electrons. The molecule has 0 atom stereocenters. The van der Waals surface area contributed by atoms with Gasteiger partial charge in [-0.2, -0.15) is 0 Å². The third-order valence-corrected chi connectivity index (χ3v) is 7.66. The smallest absolute Gasteiger partial charge is 0.310 e. The van der Waals surface area contributed by atoms with Gasteiger partial charge in [0, 0.05) is 6.61 Å². The van der Waals surface area contributed by atoms with Gasteiger partial charge in [-0.3, -0.25) is 0 Å². The molecule has 1 aromatic carbocycles. The van der Waals surface area contributed by atoms with Crippen LogP contribution in [0.3, 0.4) is 0 Å². The van der Waals surface area contributed by atoms with Crippen molar-refractivity contribution in [2.45, 2.75) is 87.0 Å². The molecule has 3 saturated carbocycles. The SMILES string of the molecule is CCCCCCOC12CCC(c3ccc(S(F)(F)(F)(F)F)cc3)(CC1)CC2. The number of halogens is 5. The van der Waals surface area contributed by atoms with E-state index in [1.807, 2.05) is 0 Å². The van der Waals surface area contributed by atoms with Gasteiger partial charge in [0.2, 0.25) is 0 Å². The van der Waals surface area contributed by atoms with Crippen LogP contribution < -0.4 is 0 Å². The van der Waals surface area contributed by atoms with Crippen LogP contribution in [0.2, 0.25) is 0 Å². The van der Waals surface area contributed by atoms with Crippen LogP contribution in [0.5, 0.6) is 0 Å². The van der Waals surface area contributed by atoms with Gasteiger partial charge in [-0.1, -0.05) is 57.7 Å². The fourth-order valence-corrected chi connectivity index (χ4v) is 5.33. The Bertz CT molecular complexity index is 643. The van der Waals surface area contributed by atoms with Crippen LogP contribution >= 0.6 is 10.2 Å². The van der Waals surface area contributed by atoms with Gasteiger partial charge in [0.15, 0.2) is 0 Å². The molecule has 7 heteroatoms. The summed E-state index contributed by atoms with van der Waals surface area (Å²) in [5.41, 5.74) is 0.478. The van der Waals surface area contributed by atoms with E-state index in [4.69, 9.17) is 4.74 Å². The summed E-state index contributed by atoms with van der Waals surface area (Å²) in [6.45, 7) is 2.94. The minimum atomic E-state index is -9.60. The molecule has 156 valence electrons. The van der Waals surface area contributed by atoms with Gasteiger partial charge >= 0.3 is 10.2 Å². The Kier molecular flexibility index (Phi) is 4.91. The lowest BCUT2D eigenvalue weighted by atomic mass is 9.56. The zero-order valence-electron chi connectivity index (χ0n) is 15.8. The number of rotatable bonds is 8. The molecule has 0 amide bonds. The van der Waals surface area contributed by atoms with Crippen molar-refractivity contribution in [3.05, 3.63) is 29.8 Å². The second-order valence-corrected chi connectivity index (χ2v) is 10.8. The molecule has 27 heavy (non-hydrogen) atoms. The average molecular weight is 413 g/mol. The van der Waals surface area contributed by atoms with E-state index in [1.54, 1.807) is 0 Å². The molecule has 1 aromatic rings. The topological polar surface area (TPSA) is 9.23 Å². The Morgan fingerprint density at radius 1 is 0.815 bits per heavy atom. The molecule has 0 aliphatic heterocycles.